The topological polar surface area (TPSA) is 452 Å². The van der Waals surface area contributed by atoms with Gasteiger partial charge in [0, 0.05) is 395 Å². The van der Waals surface area contributed by atoms with Crippen LogP contribution in [0.2, 0.25) is 0 Å². The van der Waals surface area contributed by atoms with Crippen LogP contribution in [0.3, 0.4) is 0 Å². The fraction of sp³-hybridized carbons (Fsp3) is 0.796. The van der Waals surface area contributed by atoms with Crippen molar-refractivity contribution >= 4 is 136 Å². The van der Waals surface area contributed by atoms with Crippen molar-refractivity contribution in [2.75, 3.05) is 267 Å². The second-order valence-corrected chi connectivity index (χ2v) is 36.6. The smallest absolute Gasteiger partial charge is 0.304 e. The number of nitrogens with one attached hydrogen (secondary N) is 1. The third-order valence-corrected chi connectivity index (χ3v) is 26.9. The summed E-state index contributed by atoms with van der Waals surface area (Å²) in [7, 11) is 0. The van der Waals surface area contributed by atoms with Crippen molar-refractivity contribution in [3.8, 4) is 0 Å². The fourth-order valence-electron chi connectivity index (χ4n) is 16.3. The molecule has 0 heterocycles. The SMILES string of the molecule is CCC(=O)NCCN(CCN(CCN(CCN(CCN(CCN(CCN(CCN(CCN(CCN(CCN(CCN(CCN(CCN(CCN(CCN(CCN(CCN(CCN(CCSCCC(=O)O)C(=O)CC)C(=O)CC)C(=O)CC)C(=O)CC)C(=O)CC)C(=O)CC)C(=O)CC)C(=O)CC)C(=O)CC)C(=O)CC)C(=O)CC)C(=O)CC)C(=O)CC)C(=O)CC)C(=O)CC)C(=O)CC)C(=O)CC)C(=O)CC)C(=O)CC. The number of carboxylic acids is 1. The quantitative estimate of drug-likeness (QED) is 0.0734. The van der Waals surface area contributed by atoms with Crippen molar-refractivity contribution in [2.24, 2.45) is 0 Å². The zero-order valence-electron chi connectivity index (χ0n) is 92.8. The average Bonchev–Trinajstić information content (AvgIpc) is 0.826. The van der Waals surface area contributed by atoms with Gasteiger partial charge in [-0.3, -0.25) is 101 Å². The molecule has 0 spiro atoms. The number of hydrogen-bond acceptors (Lipinski definition) is 22. The molecule has 42 nitrogen and oxygen atoms in total. The summed E-state index contributed by atoms with van der Waals surface area (Å²) in [6.45, 7) is 39.1. The number of carbonyl (C=O) groups excluding carboxylic acids is 20. The van der Waals surface area contributed by atoms with Gasteiger partial charge < -0.3 is 104 Å². The molecule has 0 aromatic rings. The van der Waals surface area contributed by atoms with Crippen LogP contribution >= 0.6 is 11.8 Å². The maximum Gasteiger partial charge on any atom is 0.304 e. The summed E-state index contributed by atoms with van der Waals surface area (Å²) in [5.74, 6) is -4.21. The molecule has 0 aliphatic heterocycles. The van der Waals surface area contributed by atoms with E-state index >= 15 is 0 Å². The molecule has 0 aromatic carbocycles. The lowest BCUT2D eigenvalue weighted by Crippen LogP contribution is -2.50. The monoisotopic (exact) mass is 2090 g/mol. The van der Waals surface area contributed by atoms with Gasteiger partial charge in [0.05, 0.1) is 6.42 Å². The van der Waals surface area contributed by atoms with Crippen LogP contribution in [0.1, 0.15) is 273 Å². The number of carboxylic acid groups (broad SMARTS) is 1. The van der Waals surface area contributed by atoms with Gasteiger partial charge in [0.25, 0.3) is 0 Å². The van der Waals surface area contributed by atoms with E-state index < -0.39 is 5.97 Å². The van der Waals surface area contributed by atoms with E-state index in [1.807, 2.05) is 0 Å². The van der Waals surface area contributed by atoms with E-state index in [0.717, 1.165) is 0 Å². The van der Waals surface area contributed by atoms with Gasteiger partial charge in [0.15, 0.2) is 0 Å². The molecular weight excluding hydrogens is 1900 g/mol. The molecule has 20 amide bonds. The molecule has 0 fully saturated rings. The van der Waals surface area contributed by atoms with Crippen molar-refractivity contribution in [3.63, 3.8) is 0 Å². The summed E-state index contributed by atoms with van der Waals surface area (Å²) in [5, 5.41) is 11.8. The highest BCUT2D eigenvalue weighted by Crippen LogP contribution is 2.16. The lowest BCUT2D eigenvalue weighted by Gasteiger charge is -2.34. The van der Waals surface area contributed by atoms with Gasteiger partial charge in [0.1, 0.15) is 0 Å². The van der Waals surface area contributed by atoms with Crippen LogP contribution in [0.5, 0.6) is 0 Å². The van der Waals surface area contributed by atoms with Crippen molar-refractivity contribution in [2.45, 2.75) is 273 Å². The maximum absolute atomic E-state index is 13.9. The highest BCUT2D eigenvalue weighted by molar-refractivity contribution is 7.99. The molecule has 0 atom stereocenters. The van der Waals surface area contributed by atoms with E-state index in [4.69, 9.17) is 5.11 Å². The molecule has 0 saturated carbocycles. The zero-order valence-corrected chi connectivity index (χ0v) is 93.6. The molecule has 0 aliphatic carbocycles. The Labute approximate surface area is 875 Å². The standard InChI is InChI=1S/C103H186N20O22S/c1-21-83(124)104-42-43-105(84(125)22-2)44-45-106(85(126)23-3)46-47-107(86(127)24-4)48-49-108(87(128)25-5)50-51-109(88(129)26-6)52-53-110(89(130)27-7)54-55-111(90(131)28-8)56-57-112(91(132)29-9)58-59-113(92(133)30-10)60-61-114(93(134)31-11)62-63-115(94(135)32-12)64-65-116(95(136)33-13)66-67-117(96(137)34-14)68-69-118(97(138)35-15)70-71-119(98(139)36-16)72-73-120(99(140)37-17)74-75-121(100(141)38-18)76-77-122(101(142)39-19)78-79-123(102(143)40-20)80-82-146-81-41-103(144)145/h21-82H2,1-20H3,(H,104,124)(H,144,145). The molecule has 0 aliphatic rings. The Balaban J connectivity index is 6.60. The molecule has 0 bridgehead atoms. The Morgan fingerprint density at radius 3 is 0.349 bits per heavy atom. The van der Waals surface area contributed by atoms with Gasteiger partial charge in [-0.1, -0.05) is 138 Å². The second kappa shape index (κ2) is 79.4. The van der Waals surface area contributed by atoms with Gasteiger partial charge in [-0.2, -0.15) is 11.8 Å². The Hall–Kier alpha value is -10.8. The zero-order chi connectivity index (χ0) is 110. The highest BCUT2D eigenvalue weighted by Gasteiger charge is 2.31. The largest absolute Gasteiger partial charge is 0.481 e. The number of nitrogens with zero attached hydrogens (tertiary/aromatic N) is 19. The first-order chi connectivity index (χ1) is 69.7. The van der Waals surface area contributed by atoms with Crippen LogP contribution in [0.15, 0.2) is 0 Å². The van der Waals surface area contributed by atoms with Crippen LogP contribution in [-0.4, -0.2) is 489 Å². The Bertz CT molecular complexity index is 3860. The van der Waals surface area contributed by atoms with E-state index in [2.05, 4.69) is 5.32 Å². The average molecular weight is 2090 g/mol. The molecule has 0 radical (unpaired) electrons. The van der Waals surface area contributed by atoms with E-state index in [-0.39, 0.29) is 495 Å². The fourth-order valence-corrected chi connectivity index (χ4v) is 17.2. The Morgan fingerprint density at radius 1 is 0.151 bits per heavy atom. The van der Waals surface area contributed by atoms with Gasteiger partial charge in [0.2, 0.25) is 118 Å². The van der Waals surface area contributed by atoms with E-state index in [0.29, 0.717) is 24.5 Å². The van der Waals surface area contributed by atoms with E-state index in [9.17, 15) is 101 Å². The van der Waals surface area contributed by atoms with Crippen LogP contribution < -0.4 is 5.32 Å². The minimum atomic E-state index is -0.906. The predicted octanol–water partition coefficient (Wildman–Crippen LogP) is 5.25. The number of aliphatic carboxylic acids is 1. The summed E-state index contributed by atoms with van der Waals surface area (Å²) in [5.41, 5.74) is 0. The van der Waals surface area contributed by atoms with Crippen molar-refractivity contribution < 1.29 is 106 Å². The Morgan fingerprint density at radius 2 is 0.253 bits per heavy atom. The number of carbonyl (C=O) groups is 21. The number of thioether (sulfide) groups is 1. The summed E-state index contributed by atoms with van der Waals surface area (Å²) >= 11 is 1.43. The second-order valence-electron chi connectivity index (χ2n) is 35.4. The number of hydrogen-bond donors (Lipinski definition) is 2. The van der Waals surface area contributed by atoms with Crippen LogP contribution in [0.4, 0.5) is 0 Å². The highest BCUT2D eigenvalue weighted by atomic mass is 32.2. The molecule has 146 heavy (non-hydrogen) atoms. The molecule has 0 unspecified atom stereocenters. The lowest BCUT2D eigenvalue weighted by molar-refractivity contribution is -0.139. The van der Waals surface area contributed by atoms with Crippen molar-refractivity contribution in [1.82, 2.24) is 98.4 Å². The number of amides is 20. The lowest BCUT2D eigenvalue weighted by atomic mass is 10.2. The summed E-state index contributed by atoms with van der Waals surface area (Å²) < 4.78 is 0. The minimum Gasteiger partial charge on any atom is -0.481 e. The summed E-state index contributed by atoms with van der Waals surface area (Å²) in [6, 6.07) is 0. The van der Waals surface area contributed by atoms with Gasteiger partial charge in [-0.15, -0.1) is 0 Å². The summed E-state index contributed by atoms with van der Waals surface area (Å²) in [4.78, 5) is 312. The van der Waals surface area contributed by atoms with Crippen molar-refractivity contribution in [3.05, 3.63) is 0 Å². The van der Waals surface area contributed by atoms with Gasteiger partial charge in [-0.25, -0.2) is 0 Å². The first kappa shape index (κ1) is 135. The molecule has 0 saturated heterocycles. The van der Waals surface area contributed by atoms with Gasteiger partial charge in [-0.05, 0) is 0 Å². The Kier molecular flexibility index (Phi) is 73.5. The molecule has 836 valence electrons. The van der Waals surface area contributed by atoms with E-state index in [1.54, 1.807) is 232 Å². The van der Waals surface area contributed by atoms with E-state index in [1.165, 1.54) is 11.8 Å². The summed E-state index contributed by atoms with van der Waals surface area (Å²) in [6.07, 6.45) is 2.87. The first-order valence-electron chi connectivity index (χ1n) is 54.0. The minimum absolute atomic E-state index is 0.00149. The first-order valence-corrected chi connectivity index (χ1v) is 55.2. The third-order valence-electron chi connectivity index (χ3n) is 26.0. The van der Waals surface area contributed by atoms with Crippen molar-refractivity contribution in [1.29, 1.82) is 0 Å². The molecular formula is C103H186N20O22S. The van der Waals surface area contributed by atoms with Gasteiger partial charge >= 0.3 is 5.97 Å². The normalized spacial score (nSPS) is 10.9. The predicted molar refractivity (Wildman–Crippen MR) is 563 cm³/mol. The number of rotatable bonds is 83. The molecule has 43 heteroatoms. The van der Waals surface area contributed by atoms with Crippen LogP contribution in [0.25, 0.3) is 0 Å². The third kappa shape index (κ3) is 53.2. The maximum atomic E-state index is 13.9. The molecule has 0 aromatic heterocycles. The molecule has 0 rings (SSSR count). The van der Waals surface area contributed by atoms with Crippen LogP contribution in [0, 0.1) is 0 Å². The molecule has 2 N–H and O–H groups in total. The van der Waals surface area contributed by atoms with Crippen LogP contribution in [-0.2, 0) is 101 Å².